The first-order valence-corrected chi connectivity index (χ1v) is 11.8. The van der Waals surface area contributed by atoms with Gasteiger partial charge >= 0.3 is 0 Å². The lowest BCUT2D eigenvalue weighted by molar-refractivity contribution is -0.130. The molecular formula is C21H27N3O2S2. The van der Waals surface area contributed by atoms with Gasteiger partial charge in [0.25, 0.3) is 5.56 Å². The highest BCUT2D eigenvalue weighted by atomic mass is 32.2. The van der Waals surface area contributed by atoms with E-state index in [-0.39, 0.29) is 11.5 Å². The van der Waals surface area contributed by atoms with E-state index < -0.39 is 0 Å². The van der Waals surface area contributed by atoms with Crippen LogP contribution >= 0.6 is 23.1 Å². The number of likely N-dealkylation sites (tertiary alicyclic amines) is 1. The second-order valence-electron chi connectivity index (χ2n) is 8.17. The van der Waals surface area contributed by atoms with Crippen LogP contribution in [0.2, 0.25) is 0 Å². The highest BCUT2D eigenvalue weighted by Gasteiger charge is 2.27. The van der Waals surface area contributed by atoms with Crippen LogP contribution in [0.25, 0.3) is 10.2 Å². The van der Waals surface area contributed by atoms with Crippen molar-refractivity contribution in [3.05, 3.63) is 33.4 Å². The summed E-state index contributed by atoms with van der Waals surface area (Å²) in [5, 5.41) is 1.41. The molecule has 0 radical (unpaired) electrons. The highest BCUT2D eigenvalue weighted by Crippen LogP contribution is 2.35. The maximum absolute atomic E-state index is 13.2. The van der Waals surface area contributed by atoms with E-state index in [1.807, 2.05) is 4.90 Å². The lowest BCUT2D eigenvalue weighted by Gasteiger charge is -2.35. The molecule has 1 aliphatic heterocycles. The zero-order valence-corrected chi connectivity index (χ0v) is 18.2. The number of amides is 1. The molecule has 3 heterocycles. The molecule has 2 aliphatic rings. The Balaban J connectivity index is 1.59. The molecule has 0 bridgehead atoms. The van der Waals surface area contributed by atoms with Gasteiger partial charge in [0, 0.05) is 24.5 Å². The topological polar surface area (TPSA) is 55.2 Å². The number of hydrogen-bond acceptors (Lipinski definition) is 5. The second-order valence-corrected chi connectivity index (χ2v) is 10.2. The van der Waals surface area contributed by atoms with Crippen LogP contribution in [-0.4, -0.2) is 39.2 Å². The van der Waals surface area contributed by atoms with Crippen LogP contribution < -0.4 is 5.56 Å². The fraction of sp³-hybridized carbons (Fsp3) is 0.571. The van der Waals surface area contributed by atoms with E-state index in [9.17, 15) is 9.59 Å². The van der Waals surface area contributed by atoms with E-state index in [0.29, 0.717) is 29.3 Å². The molecule has 2 aromatic rings. The average Bonchev–Trinajstić information content (AvgIpc) is 3.22. The molecule has 4 rings (SSSR count). The van der Waals surface area contributed by atoms with Gasteiger partial charge in [-0.25, -0.2) is 4.98 Å². The number of allylic oxidation sites excluding steroid dienone is 1. The Kier molecular flexibility index (Phi) is 5.65. The largest absolute Gasteiger partial charge is 0.341 e. The average molecular weight is 418 g/mol. The van der Waals surface area contributed by atoms with Gasteiger partial charge < -0.3 is 4.90 Å². The van der Waals surface area contributed by atoms with Gasteiger partial charge in [0.1, 0.15) is 4.83 Å². The van der Waals surface area contributed by atoms with Gasteiger partial charge in [0.05, 0.1) is 11.1 Å². The predicted molar refractivity (Wildman–Crippen MR) is 116 cm³/mol. The van der Waals surface area contributed by atoms with Gasteiger partial charge in [-0.15, -0.1) is 17.9 Å². The number of thioether (sulfide) groups is 1. The SMILES string of the molecule is C=CCn1c(SCC(=O)N2C[C@H](C)C[C@H](C)C2)nc2sc3c(c2c1=O)CCC3. The number of carbonyl (C=O) groups excluding carboxylic acids is 1. The molecule has 0 aromatic carbocycles. The van der Waals surface area contributed by atoms with E-state index in [1.54, 1.807) is 22.0 Å². The number of thiophene rings is 1. The van der Waals surface area contributed by atoms with Crippen molar-refractivity contribution in [1.82, 2.24) is 14.5 Å². The summed E-state index contributed by atoms with van der Waals surface area (Å²) in [6.45, 7) is 10.3. The van der Waals surface area contributed by atoms with Crippen molar-refractivity contribution in [3.63, 3.8) is 0 Å². The summed E-state index contributed by atoms with van der Waals surface area (Å²) in [7, 11) is 0. The first kappa shape index (κ1) is 19.7. The van der Waals surface area contributed by atoms with Gasteiger partial charge in [-0.2, -0.15) is 0 Å². The van der Waals surface area contributed by atoms with Crippen molar-refractivity contribution in [2.75, 3.05) is 18.8 Å². The Morgan fingerprint density at radius 3 is 2.79 bits per heavy atom. The molecule has 0 N–H and O–H groups in total. The number of nitrogens with zero attached hydrogens (tertiary/aromatic N) is 3. The fourth-order valence-electron chi connectivity index (χ4n) is 4.54. The molecule has 0 saturated carbocycles. The Morgan fingerprint density at radius 1 is 1.32 bits per heavy atom. The van der Waals surface area contributed by atoms with Crippen molar-refractivity contribution in [2.24, 2.45) is 11.8 Å². The van der Waals surface area contributed by atoms with Gasteiger partial charge in [-0.05, 0) is 43.1 Å². The summed E-state index contributed by atoms with van der Waals surface area (Å²) < 4.78 is 1.68. The third kappa shape index (κ3) is 3.66. The van der Waals surface area contributed by atoms with Gasteiger partial charge in [-0.1, -0.05) is 31.7 Å². The third-order valence-electron chi connectivity index (χ3n) is 5.65. The molecule has 150 valence electrons. The van der Waals surface area contributed by atoms with Crippen molar-refractivity contribution in [3.8, 4) is 0 Å². The lowest BCUT2D eigenvalue weighted by Crippen LogP contribution is -2.43. The highest BCUT2D eigenvalue weighted by molar-refractivity contribution is 7.99. The molecule has 1 saturated heterocycles. The molecule has 0 spiro atoms. The number of piperidine rings is 1. The predicted octanol–water partition coefficient (Wildman–Crippen LogP) is 3.73. The Labute approximate surface area is 173 Å². The molecule has 7 heteroatoms. The number of carbonyl (C=O) groups is 1. The smallest absolute Gasteiger partial charge is 0.263 e. The van der Waals surface area contributed by atoms with Crippen LogP contribution in [0.15, 0.2) is 22.6 Å². The third-order valence-corrected chi connectivity index (χ3v) is 7.79. The zero-order valence-electron chi connectivity index (χ0n) is 16.6. The van der Waals surface area contributed by atoms with Crippen LogP contribution in [0, 0.1) is 11.8 Å². The fourth-order valence-corrected chi connectivity index (χ4v) is 6.76. The maximum atomic E-state index is 13.2. The van der Waals surface area contributed by atoms with Gasteiger partial charge in [0.2, 0.25) is 5.91 Å². The van der Waals surface area contributed by atoms with Crippen molar-refractivity contribution < 1.29 is 4.79 Å². The zero-order chi connectivity index (χ0) is 19.8. The van der Waals surface area contributed by atoms with Crippen molar-refractivity contribution in [1.29, 1.82) is 0 Å². The summed E-state index contributed by atoms with van der Waals surface area (Å²) in [5.41, 5.74) is 1.21. The minimum Gasteiger partial charge on any atom is -0.341 e. The normalized spacial score (nSPS) is 21.9. The maximum Gasteiger partial charge on any atom is 0.263 e. The van der Waals surface area contributed by atoms with Crippen molar-refractivity contribution >= 4 is 39.2 Å². The standard InChI is InChI=1S/C21H27N3O2S2/c1-4-8-24-20(26)18-15-6-5-7-16(15)28-19(18)22-21(24)27-12-17(25)23-10-13(2)9-14(3)11-23/h4,13-14H,1,5-12H2,2-3H3/t13-,14+. The minimum atomic E-state index is 0.0134. The molecular weight excluding hydrogens is 390 g/mol. The molecule has 28 heavy (non-hydrogen) atoms. The Morgan fingerprint density at radius 2 is 2.07 bits per heavy atom. The molecule has 0 unspecified atom stereocenters. The summed E-state index contributed by atoms with van der Waals surface area (Å²) in [6.07, 6.45) is 6.04. The number of aromatic nitrogens is 2. The monoisotopic (exact) mass is 417 g/mol. The number of aryl methyl sites for hydroxylation is 2. The Hall–Kier alpha value is -1.60. The second kappa shape index (κ2) is 8.03. The first-order chi connectivity index (χ1) is 13.5. The molecule has 1 aliphatic carbocycles. The summed E-state index contributed by atoms with van der Waals surface area (Å²) in [6, 6.07) is 0. The Bertz CT molecular complexity index is 968. The van der Waals surface area contributed by atoms with Gasteiger partial charge in [-0.3, -0.25) is 14.2 Å². The van der Waals surface area contributed by atoms with E-state index in [2.05, 4.69) is 20.4 Å². The van der Waals surface area contributed by atoms with E-state index in [4.69, 9.17) is 4.98 Å². The summed E-state index contributed by atoms with van der Waals surface area (Å²) in [5.74, 6) is 1.54. The quantitative estimate of drug-likeness (QED) is 0.423. The van der Waals surface area contributed by atoms with E-state index in [1.165, 1.54) is 28.6 Å². The molecule has 2 aromatic heterocycles. The summed E-state index contributed by atoms with van der Waals surface area (Å²) in [4.78, 5) is 34.8. The van der Waals surface area contributed by atoms with Crippen molar-refractivity contribution in [2.45, 2.75) is 51.2 Å². The van der Waals surface area contributed by atoms with Crippen LogP contribution in [0.5, 0.6) is 0 Å². The first-order valence-electron chi connectivity index (χ1n) is 10.0. The van der Waals surface area contributed by atoms with Crippen LogP contribution in [0.1, 0.15) is 37.1 Å². The number of hydrogen-bond donors (Lipinski definition) is 0. The lowest BCUT2D eigenvalue weighted by atomic mass is 9.92. The van der Waals surface area contributed by atoms with Crippen LogP contribution in [0.3, 0.4) is 0 Å². The van der Waals surface area contributed by atoms with Crippen LogP contribution in [-0.2, 0) is 24.2 Å². The molecule has 1 fully saturated rings. The van der Waals surface area contributed by atoms with Crippen LogP contribution in [0.4, 0.5) is 0 Å². The van der Waals surface area contributed by atoms with Gasteiger partial charge in [0.15, 0.2) is 5.16 Å². The molecule has 1 amide bonds. The molecule has 2 atom stereocenters. The van der Waals surface area contributed by atoms with E-state index >= 15 is 0 Å². The van der Waals surface area contributed by atoms with E-state index in [0.717, 1.165) is 42.6 Å². The summed E-state index contributed by atoms with van der Waals surface area (Å²) >= 11 is 3.03. The number of rotatable bonds is 5. The molecule has 5 nitrogen and oxygen atoms in total. The number of fused-ring (bicyclic) bond motifs is 3. The minimum absolute atomic E-state index is 0.0134.